The molecule has 4 heterocycles. The van der Waals surface area contributed by atoms with E-state index in [4.69, 9.17) is 0 Å². The molecule has 0 saturated carbocycles. The van der Waals surface area contributed by atoms with E-state index < -0.39 is 0 Å². The van der Waals surface area contributed by atoms with Crippen LogP contribution in [0, 0.1) is 5.92 Å². The quantitative estimate of drug-likeness (QED) is 0.936. The lowest BCUT2D eigenvalue weighted by molar-refractivity contribution is 0.0701. The minimum atomic E-state index is 0.0675. The molecule has 2 aromatic rings. The van der Waals surface area contributed by atoms with Crippen molar-refractivity contribution in [3.05, 3.63) is 42.2 Å². The average molecular weight is 313 g/mol. The lowest BCUT2D eigenvalue weighted by Crippen LogP contribution is -2.38. The predicted octanol–water partition coefficient (Wildman–Crippen LogP) is 1.58. The zero-order chi connectivity index (χ0) is 15.6. The van der Waals surface area contributed by atoms with E-state index in [0.29, 0.717) is 18.2 Å². The van der Waals surface area contributed by atoms with Crippen molar-refractivity contribution in [2.45, 2.75) is 25.9 Å². The highest BCUT2D eigenvalue weighted by Crippen LogP contribution is 2.20. The Morgan fingerprint density at radius 1 is 1.30 bits per heavy atom. The molecule has 2 aliphatic rings. The summed E-state index contributed by atoms with van der Waals surface area (Å²) in [6.45, 7) is 5.77. The lowest BCUT2D eigenvalue weighted by Gasteiger charge is -2.27. The highest BCUT2D eigenvalue weighted by molar-refractivity contribution is 5.92. The number of rotatable bonds is 3. The third-order valence-corrected chi connectivity index (χ3v) is 4.90. The Balaban J connectivity index is 1.55. The number of hydrogen-bond acceptors (Lipinski definition) is 3. The number of H-pyrrole nitrogens is 1. The van der Waals surface area contributed by atoms with E-state index in [2.05, 4.69) is 19.4 Å². The van der Waals surface area contributed by atoms with Gasteiger partial charge in [-0.25, -0.2) is 4.98 Å². The number of imidazole rings is 1. The van der Waals surface area contributed by atoms with E-state index in [0.717, 1.165) is 25.5 Å². The van der Waals surface area contributed by atoms with E-state index >= 15 is 0 Å². The van der Waals surface area contributed by atoms with Gasteiger partial charge in [0, 0.05) is 44.1 Å². The van der Waals surface area contributed by atoms with Crippen molar-refractivity contribution in [3.8, 4) is 0 Å². The topological polar surface area (TPSA) is 57.2 Å². The molecule has 4 rings (SSSR count). The van der Waals surface area contributed by atoms with Gasteiger partial charge in [0.1, 0.15) is 11.5 Å². The van der Waals surface area contributed by atoms with E-state index in [1.807, 2.05) is 29.4 Å². The lowest BCUT2D eigenvalue weighted by atomic mass is 10.1. The van der Waals surface area contributed by atoms with Crippen LogP contribution in [0.4, 0.5) is 0 Å². The first kappa shape index (κ1) is 14.5. The number of aromatic amines is 1. The van der Waals surface area contributed by atoms with Gasteiger partial charge >= 0.3 is 0 Å². The van der Waals surface area contributed by atoms with Crippen molar-refractivity contribution in [2.75, 3.05) is 26.2 Å². The molecule has 1 atom stereocenters. The van der Waals surface area contributed by atoms with Crippen LogP contribution in [0.1, 0.15) is 29.2 Å². The molecule has 23 heavy (non-hydrogen) atoms. The maximum Gasteiger partial charge on any atom is 0.270 e. The molecule has 122 valence electrons. The number of aromatic nitrogens is 3. The third kappa shape index (κ3) is 3.03. The van der Waals surface area contributed by atoms with Crippen LogP contribution in [0.3, 0.4) is 0 Å². The van der Waals surface area contributed by atoms with Gasteiger partial charge in [0.15, 0.2) is 0 Å². The number of amides is 1. The molecule has 0 radical (unpaired) electrons. The fourth-order valence-corrected chi connectivity index (χ4v) is 3.78. The summed E-state index contributed by atoms with van der Waals surface area (Å²) < 4.78 is 2.21. The summed E-state index contributed by atoms with van der Waals surface area (Å²) in [5, 5.41) is 0. The molecule has 0 bridgehead atoms. The van der Waals surface area contributed by atoms with Crippen molar-refractivity contribution in [2.24, 2.45) is 5.92 Å². The first-order valence-corrected chi connectivity index (χ1v) is 8.44. The first-order chi connectivity index (χ1) is 11.3. The highest BCUT2D eigenvalue weighted by atomic mass is 16.2. The van der Waals surface area contributed by atoms with Crippen LogP contribution in [0.5, 0.6) is 0 Å². The molecule has 0 aliphatic carbocycles. The standard InChI is InChI=1S/C17H23N5O/c23-17(15-4-3-5-18-15)22-12-14(10-20-7-1-2-8-20)11-21-9-6-19-16(21)13-22/h3-6,9,14,18H,1-2,7-8,10-13H2/t14-/m0/s1. The second-order valence-corrected chi connectivity index (χ2v) is 6.64. The molecule has 2 aromatic heterocycles. The summed E-state index contributed by atoms with van der Waals surface area (Å²) in [6, 6.07) is 3.71. The SMILES string of the molecule is O=C(c1ccc[nH]1)N1Cc2nccn2C[C@H](CN2CCCC2)C1. The van der Waals surface area contributed by atoms with Gasteiger partial charge in [0.25, 0.3) is 5.91 Å². The number of hydrogen-bond donors (Lipinski definition) is 1. The van der Waals surface area contributed by atoms with Crippen LogP contribution in [-0.2, 0) is 13.1 Å². The number of nitrogens with one attached hydrogen (secondary N) is 1. The van der Waals surface area contributed by atoms with Gasteiger partial charge in [0.2, 0.25) is 0 Å². The van der Waals surface area contributed by atoms with Crippen LogP contribution in [0.2, 0.25) is 0 Å². The molecular weight excluding hydrogens is 290 g/mol. The van der Waals surface area contributed by atoms with E-state index in [9.17, 15) is 4.79 Å². The molecule has 0 spiro atoms. The fraction of sp³-hybridized carbons (Fsp3) is 0.529. The number of carbonyl (C=O) groups is 1. The summed E-state index contributed by atoms with van der Waals surface area (Å²) >= 11 is 0. The monoisotopic (exact) mass is 313 g/mol. The second kappa shape index (κ2) is 6.20. The Hall–Kier alpha value is -2.08. The number of likely N-dealkylation sites (tertiary alicyclic amines) is 1. The molecule has 2 aliphatic heterocycles. The minimum absolute atomic E-state index is 0.0675. The van der Waals surface area contributed by atoms with Crippen LogP contribution in [0.15, 0.2) is 30.7 Å². The Labute approximate surface area is 136 Å². The van der Waals surface area contributed by atoms with Crippen LogP contribution in [0.25, 0.3) is 0 Å². The average Bonchev–Trinajstić information content (AvgIpc) is 3.28. The minimum Gasteiger partial charge on any atom is -0.357 e. The third-order valence-electron chi connectivity index (χ3n) is 4.90. The zero-order valence-corrected chi connectivity index (χ0v) is 13.3. The van der Waals surface area contributed by atoms with Gasteiger partial charge in [-0.05, 0) is 38.1 Å². The molecule has 1 fully saturated rings. The largest absolute Gasteiger partial charge is 0.357 e. The number of nitrogens with zero attached hydrogens (tertiary/aromatic N) is 4. The molecule has 6 nitrogen and oxygen atoms in total. The highest BCUT2D eigenvalue weighted by Gasteiger charge is 2.28. The molecule has 1 amide bonds. The van der Waals surface area contributed by atoms with E-state index in [-0.39, 0.29) is 5.91 Å². The second-order valence-electron chi connectivity index (χ2n) is 6.64. The molecule has 1 saturated heterocycles. The summed E-state index contributed by atoms with van der Waals surface area (Å²) in [4.78, 5) is 24.7. The van der Waals surface area contributed by atoms with Crippen molar-refractivity contribution in [1.82, 2.24) is 24.3 Å². The molecule has 0 aromatic carbocycles. The van der Waals surface area contributed by atoms with Crippen LogP contribution < -0.4 is 0 Å². The van der Waals surface area contributed by atoms with Gasteiger partial charge < -0.3 is 19.4 Å². The van der Waals surface area contributed by atoms with Gasteiger partial charge in [-0.1, -0.05) is 0 Å². The van der Waals surface area contributed by atoms with Crippen molar-refractivity contribution in [1.29, 1.82) is 0 Å². The Kier molecular flexibility index (Phi) is 3.91. The maximum absolute atomic E-state index is 12.8. The van der Waals surface area contributed by atoms with Gasteiger partial charge in [0.05, 0.1) is 6.54 Å². The first-order valence-electron chi connectivity index (χ1n) is 8.44. The van der Waals surface area contributed by atoms with Crippen molar-refractivity contribution >= 4 is 5.91 Å². The molecule has 0 unspecified atom stereocenters. The Morgan fingerprint density at radius 2 is 2.17 bits per heavy atom. The van der Waals surface area contributed by atoms with Crippen LogP contribution >= 0.6 is 0 Å². The smallest absolute Gasteiger partial charge is 0.270 e. The van der Waals surface area contributed by atoms with Crippen molar-refractivity contribution in [3.63, 3.8) is 0 Å². The van der Waals surface area contributed by atoms with Gasteiger partial charge in [-0.2, -0.15) is 0 Å². The molecular formula is C17H23N5O. The number of carbonyl (C=O) groups excluding carboxylic acids is 1. The van der Waals surface area contributed by atoms with E-state index in [1.165, 1.54) is 25.9 Å². The summed E-state index contributed by atoms with van der Waals surface area (Å²) in [5.74, 6) is 1.49. The summed E-state index contributed by atoms with van der Waals surface area (Å²) in [7, 11) is 0. The van der Waals surface area contributed by atoms with Crippen LogP contribution in [-0.4, -0.2) is 56.4 Å². The normalized spacial score (nSPS) is 22.1. The fourth-order valence-electron chi connectivity index (χ4n) is 3.78. The van der Waals surface area contributed by atoms with Gasteiger partial charge in [-0.3, -0.25) is 4.79 Å². The maximum atomic E-state index is 12.8. The zero-order valence-electron chi connectivity index (χ0n) is 13.3. The Morgan fingerprint density at radius 3 is 2.96 bits per heavy atom. The summed E-state index contributed by atoms with van der Waals surface area (Å²) in [6.07, 6.45) is 8.27. The summed E-state index contributed by atoms with van der Waals surface area (Å²) in [5.41, 5.74) is 0.657. The number of fused-ring (bicyclic) bond motifs is 1. The predicted molar refractivity (Wildman–Crippen MR) is 86.9 cm³/mol. The van der Waals surface area contributed by atoms with E-state index in [1.54, 1.807) is 6.20 Å². The van der Waals surface area contributed by atoms with Gasteiger partial charge in [-0.15, -0.1) is 0 Å². The molecule has 6 heteroatoms. The Bertz CT molecular complexity index is 656. The van der Waals surface area contributed by atoms with Crippen molar-refractivity contribution < 1.29 is 4.79 Å². The molecule has 1 N–H and O–H groups in total.